The molecule has 19 heavy (non-hydrogen) atoms. The van der Waals surface area contributed by atoms with Gasteiger partial charge in [-0.1, -0.05) is 12.8 Å². The molecule has 3 heteroatoms. The molecule has 4 fully saturated rings. The second-order valence-corrected chi connectivity index (χ2v) is 7.98. The van der Waals surface area contributed by atoms with Crippen molar-refractivity contribution >= 4 is 17.3 Å². The van der Waals surface area contributed by atoms with Crippen LogP contribution in [0.15, 0.2) is 0 Å². The Morgan fingerprint density at radius 3 is 2.21 bits per heavy atom. The fourth-order valence-electron chi connectivity index (χ4n) is 5.49. The fourth-order valence-corrected chi connectivity index (χ4v) is 5.73. The SMILES string of the molecule is S=C(NC[C@H]1C[C@@H]2CC[C@@H]1C2)N[C@@H]1C[C@@H]2CC[C@@H]1C2. The molecule has 0 heterocycles. The van der Waals surface area contributed by atoms with Crippen LogP contribution in [0.25, 0.3) is 0 Å². The first-order valence-corrected chi connectivity index (χ1v) is 8.73. The summed E-state index contributed by atoms with van der Waals surface area (Å²) in [6.45, 7) is 1.12. The second-order valence-electron chi connectivity index (χ2n) is 7.57. The standard InChI is InChI=1S/C16H26N2S/c19-16(18-15-8-11-2-4-13(15)6-11)17-9-14-7-10-1-3-12(14)5-10/h10-15H,1-9H2,(H2,17,18,19)/t10-,11-,12-,13-,14-,15-/m1/s1. The maximum absolute atomic E-state index is 5.50. The maximum Gasteiger partial charge on any atom is 0.166 e. The van der Waals surface area contributed by atoms with Gasteiger partial charge in [0.05, 0.1) is 0 Å². The molecule has 0 saturated heterocycles. The summed E-state index contributed by atoms with van der Waals surface area (Å²) in [4.78, 5) is 0. The molecule has 0 unspecified atom stereocenters. The van der Waals surface area contributed by atoms with Crippen LogP contribution in [-0.4, -0.2) is 17.7 Å². The molecule has 0 aromatic rings. The first kappa shape index (κ1) is 12.4. The van der Waals surface area contributed by atoms with Crippen molar-refractivity contribution in [2.45, 2.75) is 57.4 Å². The van der Waals surface area contributed by atoms with Crippen LogP contribution in [0.1, 0.15) is 51.4 Å². The number of rotatable bonds is 3. The summed E-state index contributed by atoms with van der Waals surface area (Å²) in [5.41, 5.74) is 0. The lowest BCUT2D eigenvalue weighted by atomic mass is 9.89. The van der Waals surface area contributed by atoms with Crippen LogP contribution in [0.3, 0.4) is 0 Å². The van der Waals surface area contributed by atoms with Crippen molar-refractivity contribution in [3.63, 3.8) is 0 Å². The van der Waals surface area contributed by atoms with Crippen molar-refractivity contribution in [3.05, 3.63) is 0 Å². The minimum Gasteiger partial charge on any atom is -0.362 e. The molecule has 4 saturated carbocycles. The molecule has 4 aliphatic carbocycles. The molecule has 2 nitrogen and oxygen atoms in total. The lowest BCUT2D eigenvalue weighted by molar-refractivity contribution is 0.330. The Labute approximate surface area is 122 Å². The van der Waals surface area contributed by atoms with E-state index in [0.717, 1.165) is 41.2 Å². The van der Waals surface area contributed by atoms with Crippen LogP contribution in [-0.2, 0) is 0 Å². The van der Waals surface area contributed by atoms with E-state index in [9.17, 15) is 0 Å². The Hall–Kier alpha value is -0.310. The predicted molar refractivity (Wildman–Crippen MR) is 81.9 cm³/mol. The van der Waals surface area contributed by atoms with Gasteiger partial charge in [-0.3, -0.25) is 0 Å². The van der Waals surface area contributed by atoms with Crippen LogP contribution in [0.2, 0.25) is 0 Å². The van der Waals surface area contributed by atoms with Crippen molar-refractivity contribution in [2.75, 3.05) is 6.54 Å². The minimum absolute atomic E-state index is 0.679. The highest BCUT2D eigenvalue weighted by Crippen LogP contribution is 2.48. The highest BCUT2D eigenvalue weighted by molar-refractivity contribution is 7.80. The lowest BCUT2D eigenvalue weighted by Crippen LogP contribution is -2.45. The minimum atomic E-state index is 0.679. The molecule has 4 bridgehead atoms. The van der Waals surface area contributed by atoms with Crippen LogP contribution in [0.5, 0.6) is 0 Å². The topological polar surface area (TPSA) is 24.1 Å². The summed E-state index contributed by atoms with van der Waals surface area (Å²) in [7, 11) is 0. The molecule has 0 aliphatic heterocycles. The first-order chi connectivity index (χ1) is 9.28. The molecule has 0 amide bonds. The Bertz CT molecular complexity index is 370. The molecule has 0 aromatic carbocycles. The van der Waals surface area contributed by atoms with E-state index in [-0.39, 0.29) is 0 Å². The Kier molecular flexibility index (Phi) is 3.21. The van der Waals surface area contributed by atoms with Crippen LogP contribution in [0.4, 0.5) is 0 Å². The third-order valence-electron chi connectivity index (χ3n) is 6.46. The van der Waals surface area contributed by atoms with E-state index in [4.69, 9.17) is 12.2 Å². The highest BCUT2D eigenvalue weighted by atomic mass is 32.1. The quantitative estimate of drug-likeness (QED) is 0.776. The van der Waals surface area contributed by atoms with Crippen LogP contribution >= 0.6 is 12.2 Å². The number of thiocarbonyl (C=S) groups is 1. The molecule has 0 radical (unpaired) electrons. The predicted octanol–water partition coefficient (Wildman–Crippen LogP) is 3.08. The van der Waals surface area contributed by atoms with Crippen LogP contribution in [0, 0.1) is 29.6 Å². The van der Waals surface area contributed by atoms with Gasteiger partial charge in [0.2, 0.25) is 0 Å². The van der Waals surface area contributed by atoms with Crippen molar-refractivity contribution in [3.8, 4) is 0 Å². The number of nitrogens with one attached hydrogen (secondary N) is 2. The average molecular weight is 278 g/mol. The van der Waals surface area contributed by atoms with Gasteiger partial charge in [0, 0.05) is 12.6 Å². The molecule has 0 aromatic heterocycles. The fraction of sp³-hybridized carbons (Fsp3) is 0.938. The van der Waals surface area contributed by atoms with E-state index in [0.29, 0.717) is 6.04 Å². The Morgan fingerprint density at radius 2 is 1.63 bits per heavy atom. The number of hydrogen-bond acceptors (Lipinski definition) is 1. The largest absolute Gasteiger partial charge is 0.362 e. The maximum atomic E-state index is 5.50. The van der Waals surface area contributed by atoms with Gasteiger partial charge >= 0.3 is 0 Å². The Balaban J connectivity index is 1.22. The highest BCUT2D eigenvalue weighted by Gasteiger charge is 2.41. The number of fused-ring (bicyclic) bond motifs is 4. The molecule has 0 spiro atoms. The normalized spacial score (nSPS) is 46.7. The Morgan fingerprint density at radius 1 is 0.895 bits per heavy atom. The molecular weight excluding hydrogens is 252 g/mol. The van der Waals surface area contributed by atoms with Crippen LogP contribution < -0.4 is 10.6 Å². The molecule has 6 atom stereocenters. The zero-order valence-electron chi connectivity index (χ0n) is 11.7. The zero-order chi connectivity index (χ0) is 12.8. The molecule has 4 rings (SSSR count). The molecular formula is C16H26N2S. The van der Waals surface area contributed by atoms with Crippen molar-refractivity contribution in [1.82, 2.24) is 10.6 Å². The molecule has 4 aliphatic rings. The summed E-state index contributed by atoms with van der Waals surface area (Å²) in [5, 5.41) is 8.05. The van der Waals surface area contributed by atoms with Gasteiger partial charge in [-0.05, 0) is 80.3 Å². The van der Waals surface area contributed by atoms with E-state index in [1.807, 2.05) is 0 Å². The third kappa shape index (κ3) is 2.39. The summed E-state index contributed by atoms with van der Waals surface area (Å²) < 4.78 is 0. The van der Waals surface area contributed by atoms with E-state index in [2.05, 4.69) is 10.6 Å². The van der Waals surface area contributed by atoms with E-state index in [1.54, 1.807) is 0 Å². The van der Waals surface area contributed by atoms with Crippen molar-refractivity contribution < 1.29 is 0 Å². The summed E-state index contributed by atoms with van der Waals surface area (Å²) in [5.74, 6) is 4.85. The lowest BCUT2D eigenvalue weighted by Gasteiger charge is -2.26. The van der Waals surface area contributed by atoms with Gasteiger partial charge in [0.25, 0.3) is 0 Å². The van der Waals surface area contributed by atoms with Crippen molar-refractivity contribution in [1.29, 1.82) is 0 Å². The first-order valence-electron chi connectivity index (χ1n) is 8.32. The smallest absolute Gasteiger partial charge is 0.166 e. The average Bonchev–Trinajstić information content (AvgIpc) is 3.16. The second kappa shape index (κ2) is 4.91. The molecule has 106 valence electrons. The van der Waals surface area contributed by atoms with E-state index in [1.165, 1.54) is 51.4 Å². The van der Waals surface area contributed by atoms with Gasteiger partial charge in [-0.2, -0.15) is 0 Å². The zero-order valence-corrected chi connectivity index (χ0v) is 12.6. The summed E-state index contributed by atoms with van der Waals surface area (Å²) in [6.07, 6.45) is 11.6. The van der Waals surface area contributed by atoms with Gasteiger partial charge in [0.1, 0.15) is 0 Å². The van der Waals surface area contributed by atoms with E-state index >= 15 is 0 Å². The van der Waals surface area contributed by atoms with Gasteiger partial charge in [0.15, 0.2) is 5.11 Å². The number of hydrogen-bond donors (Lipinski definition) is 2. The third-order valence-corrected chi connectivity index (χ3v) is 6.73. The monoisotopic (exact) mass is 278 g/mol. The molecule has 2 N–H and O–H groups in total. The van der Waals surface area contributed by atoms with Gasteiger partial charge in [-0.15, -0.1) is 0 Å². The van der Waals surface area contributed by atoms with E-state index < -0.39 is 0 Å². The van der Waals surface area contributed by atoms with Gasteiger partial charge in [-0.25, -0.2) is 0 Å². The van der Waals surface area contributed by atoms with Crippen molar-refractivity contribution in [2.24, 2.45) is 29.6 Å². The summed E-state index contributed by atoms with van der Waals surface area (Å²) in [6, 6.07) is 0.679. The van der Waals surface area contributed by atoms with Gasteiger partial charge < -0.3 is 10.6 Å². The summed E-state index contributed by atoms with van der Waals surface area (Å²) >= 11 is 5.50.